The largest absolute Gasteiger partial charge is 0.466 e. The van der Waals surface area contributed by atoms with Gasteiger partial charge in [-0.3, -0.25) is 9.59 Å². The van der Waals surface area contributed by atoms with Gasteiger partial charge in [-0.1, -0.05) is 115 Å². The topological polar surface area (TPSA) is 89.5 Å². The van der Waals surface area contributed by atoms with Crippen LogP contribution < -0.4 is 0 Å². The number of allylic oxidation sites excluding steroid dienone is 2. The van der Waals surface area contributed by atoms with Gasteiger partial charge < -0.3 is 26.9 Å². The van der Waals surface area contributed by atoms with Crippen LogP contribution in [-0.4, -0.2) is 90.0 Å². The number of ketones is 1. The SMILES string of the molecule is C=C(/C=C(\C)[C@@](C)(C[C@@H](CC(=O)[C@H](O[Si](CC)(CC)CC)[C@@H](O[Si](CC)(CC)CC)[C@H](C)C[C@H](C)O[Si](C)(C)C)O[Si](CC)(CC)CC)O[Si](CC)(CC)CC)C[C@@H](C)CCOC(C)=O. The van der Waals surface area contributed by atoms with E-state index in [-0.39, 0.29) is 42.4 Å². The van der Waals surface area contributed by atoms with Crippen molar-refractivity contribution in [2.45, 2.75) is 279 Å². The van der Waals surface area contributed by atoms with E-state index in [1.807, 2.05) is 0 Å². The quantitative estimate of drug-likeness (QED) is 0.0343. The van der Waals surface area contributed by atoms with Crippen molar-refractivity contribution in [2.75, 3.05) is 6.61 Å². The molecule has 384 valence electrons. The number of carbonyl (C=O) groups is 2. The van der Waals surface area contributed by atoms with E-state index in [0.29, 0.717) is 18.9 Å². The van der Waals surface area contributed by atoms with Crippen LogP contribution in [-0.2, 0) is 36.5 Å². The summed E-state index contributed by atoms with van der Waals surface area (Å²) >= 11 is 0. The maximum absolute atomic E-state index is 15.9. The Morgan fingerprint density at radius 1 is 0.615 bits per heavy atom. The molecule has 0 aliphatic carbocycles. The molecule has 0 bridgehead atoms. The summed E-state index contributed by atoms with van der Waals surface area (Å²) in [5.74, 6) is 0.219. The Morgan fingerprint density at radius 2 is 1.05 bits per heavy atom. The molecule has 0 saturated carbocycles. The van der Waals surface area contributed by atoms with Crippen molar-refractivity contribution in [1.82, 2.24) is 0 Å². The van der Waals surface area contributed by atoms with E-state index in [9.17, 15) is 4.79 Å². The number of carbonyl (C=O) groups excluding carboxylic acids is 2. The van der Waals surface area contributed by atoms with Crippen molar-refractivity contribution in [3.05, 3.63) is 23.8 Å². The lowest BCUT2D eigenvalue weighted by molar-refractivity contribution is -0.141. The van der Waals surface area contributed by atoms with Gasteiger partial charge >= 0.3 is 5.97 Å². The number of Topliss-reactive ketones (excluding diaryl/α,β-unsaturated/α-hetero) is 1. The highest BCUT2D eigenvalue weighted by atomic mass is 28.4. The minimum atomic E-state index is -2.32. The van der Waals surface area contributed by atoms with E-state index in [1.54, 1.807) is 0 Å². The lowest BCUT2D eigenvalue weighted by Gasteiger charge is -2.45. The number of hydrogen-bond acceptors (Lipinski definition) is 8. The summed E-state index contributed by atoms with van der Waals surface area (Å²) < 4.78 is 42.4. The Bertz CT molecular complexity index is 1370. The third-order valence-electron chi connectivity index (χ3n) is 15.6. The van der Waals surface area contributed by atoms with Gasteiger partial charge in [0.05, 0.1) is 24.4 Å². The second-order valence-corrected chi connectivity index (χ2v) is 44.5. The van der Waals surface area contributed by atoms with Crippen LogP contribution in [0.3, 0.4) is 0 Å². The van der Waals surface area contributed by atoms with E-state index >= 15 is 4.79 Å². The molecular formula is C52H108O8Si5. The van der Waals surface area contributed by atoms with Crippen molar-refractivity contribution in [1.29, 1.82) is 0 Å². The van der Waals surface area contributed by atoms with Crippen LogP contribution in [0, 0.1) is 11.8 Å². The summed E-state index contributed by atoms with van der Waals surface area (Å²) in [4.78, 5) is 27.4. The molecule has 0 heterocycles. The van der Waals surface area contributed by atoms with Gasteiger partial charge in [0.15, 0.2) is 47.4 Å². The molecule has 0 amide bonds. The summed E-state index contributed by atoms with van der Waals surface area (Å²) in [5.41, 5.74) is 1.46. The molecule has 0 aliphatic rings. The highest BCUT2D eigenvalue weighted by Gasteiger charge is 2.48. The summed E-state index contributed by atoms with van der Waals surface area (Å²) in [5, 5.41) is 0. The van der Waals surface area contributed by atoms with Gasteiger partial charge in [-0.15, -0.1) is 0 Å². The molecule has 0 spiro atoms. The first-order valence-electron chi connectivity index (χ1n) is 26.7. The van der Waals surface area contributed by atoms with Crippen LogP contribution in [0.4, 0.5) is 0 Å². The smallest absolute Gasteiger partial charge is 0.302 e. The molecule has 65 heavy (non-hydrogen) atoms. The van der Waals surface area contributed by atoms with Crippen LogP contribution in [0.25, 0.3) is 0 Å². The number of rotatable bonds is 38. The van der Waals surface area contributed by atoms with Gasteiger partial charge in [-0.25, -0.2) is 0 Å². The van der Waals surface area contributed by atoms with Gasteiger partial charge in [0.25, 0.3) is 0 Å². The van der Waals surface area contributed by atoms with E-state index in [1.165, 1.54) is 6.92 Å². The van der Waals surface area contributed by atoms with Crippen LogP contribution in [0.2, 0.25) is 92.2 Å². The molecule has 0 saturated heterocycles. The normalized spacial score (nSPS) is 17.2. The molecule has 0 rings (SSSR count). The molecule has 0 fully saturated rings. The van der Waals surface area contributed by atoms with Crippen molar-refractivity contribution in [3.8, 4) is 0 Å². The summed E-state index contributed by atoms with van der Waals surface area (Å²) in [6.07, 6.45) is 4.06. The highest BCUT2D eigenvalue weighted by molar-refractivity contribution is 6.75. The van der Waals surface area contributed by atoms with Crippen molar-refractivity contribution in [3.63, 3.8) is 0 Å². The second kappa shape index (κ2) is 30.3. The fraction of sp³-hybridized carbons (Fsp3) is 0.885. The predicted molar refractivity (Wildman–Crippen MR) is 293 cm³/mol. The molecule has 0 N–H and O–H groups in total. The lowest BCUT2D eigenvalue weighted by atomic mass is 9.85. The summed E-state index contributed by atoms with van der Waals surface area (Å²) in [6.45, 7) is 51.7. The molecule has 7 atom stereocenters. The fourth-order valence-corrected chi connectivity index (χ4v) is 23.2. The van der Waals surface area contributed by atoms with Crippen LogP contribution in [0.15, 0.2) is 23.8 Å². The monoisotopic (exact) mass is 1000 g/mol. The molecule has 0 aromatic carbocycles. The lowest BCUT2D eigenvalue weighted by Crippen LogP contribution is -2.55. The van der Waals surface area contributed by atoms with Crippen LogP contribution in [0.1, 0.15) is 157 Å². The zero-order valence-corrected chi connectivity index (χ0v) is 51.7. The summed E-state index contributed by atoms with van der Waals surface area (Å²) in [6, 6.07) is 11.9. The minimum absolute atomic E-state index is 0.0466. The highest BCUT2D eigenvalue weighted by Crippen LogP contribution is 2.40. The molecule has 8 nitrogen and oxygen atoms in total. The molecule has 0 aromatic rings. The first kappa shape index (κ1) is 64.5. The summed E-state index contributed by atoms with van der Waals surface area (Å²) in [7, 11) is -10.7. The molecule has 0 aromatic heterocycles. The fourth-order valence-electron chi connectivity index (χ4n) is 10.1. The van der Waals surface area contributed by atoms with Crippen molar-refractivity contribution >= 4 is 53.3 Å². The maximum atomic E-state index is 15.9. The zero-order valence-electron chi connectivity index (χ0n) is 46.7. The Labute approximate surface area is 408 Å². The minimum Gasteiger partial charge on any atom is -0.466 e. The van der Waals surface area contributed by atoms with E-state index in [2.05, 4.69) is 150 Å². The van der Waals surface area contributed by atoms with E-state index in [0.717, 1.165) is 103 Å². The first-order valence-corrected chi connectivity index (χ1v) is 40.2. The predicted octanol–water partition coefficient (Wildman–Crippen LogP) is 16.0. The maximum Gasteiger partial charge on any atom is 0.302 e. The van der Waals surface area contributed by atoms with Crippen molar-refractivity contribution < 1.29 is 36.5 Å². The van der Waals surface area contributed by atoms with Crippen molar-refractivity contribution in [2.24, 2.45) is 11.8 Å². The van der Waals surface area contributed by atoms with Crippen LogP contribution in [0.5, 0.6) is 0 Å². The standard InChI is InChI=1S/C52H108O8Si5/c1-23-62(24-2,25-3)57-48(41-52(19,60-65(32-10,33-11)34-12)45(16)38-43(14)37-42(13)35-36-55-47(18)53)40-49(54)51(59-64(29-7,30-8)31-9)50(58-63(26-4,27-5)28-6)44(15)39-46(17)56-61(20,21)22/h38,42,44,46,48,50-51H,14,23-37,39-41H2,1-13,15-22H3/b45-38+/t42-,44+,46-,48+,50-,51-,52+/m0/s1. The third-order valence-corrected chi connectivity index (χ3v) is 35.4. The molecular weight excluding hydrogens is 893 g/mol. The number of ether oxygens (including phenoxy) is 1. The Balaban J connectivity index is 8.03. The Kier molecular flexibility index (Phi) is 30.1. The molecule has 0 unspecified atom stereocenters. The van der Waals surface area contributed by atoms with E-state index < -0.39 is 53.3 Å². The third kappa shape index (κ3) is 21.2. The number of esters is 1. The average Bonchev–Trinajstić information content (AvgIpc) is 3.25. The number of hydrogen-bond donors (Lipinski definition) is 0. The van der Waals surface area contributed by atoms with Gasteiger partial charge in [-0.05, 0) is 150 Å². The van der Waals surface area contributed by atoms with Gasteiger partial charge in [0.1, 0.15) is 6.10 Å². The first-order chi connectivity index (χ1) is 30.2. The van der Waals surface area contributed by atoms with E-state index in [4.69, 9.17) is 26.9 Å². The molecule has 0 radical (unpaired) electrons. The zero-order chi connectivity index (χ0) is 50.5. The average molecular weight is 1000 g/mol. The van der Waals surface area contributed by atoms with Gasteiger partial charge in [0, 0.05) is 25.9 Å². The van der Waals surface area contributed by atoms with Crippen LogP contribution >= 0.6 is 0 Å². The molecule has 0 aliphatic heterocycles. The Hall–Kier alpha value is -0.496. The van der Waals surface area contributed by atoms with Gasteiger partial charge in [0.2, 0.25) is 0 Å². The van der Waals surface area contributed by atoms with Gasteiger partial charge in [-0.2, -0.15) is 0 Å². The molecule has 13 heteroatoms. The second-order valence-electron chi connectivity index (χ2n) is 21.2. The Morgan fingerprint density at radius 3 is 1.46 bits per heavy atom.